The molecule has 2 amide bonds. The zero-order valence-corrected chi connectivity index (χ0v) is 26.0. The number of halogens is 1. The first kappa shape index (κ1) is 32.2. The van der Waals surface area contributed by atoms with E-state index in [1.165, 1.54) is 6.92 Å². The van der Waals surface area contributed by atoms with Gasteiger partial charge < -0.3 is 20.4 Å². The first-order valence-corrected chi connectivity index (χ1v) is 15.8. The van der Waals surface area contributed by atoms with Crippen LogP contribution in [0.25, 0.3) is 11.3 Å². The van der Waals surface area contributed by atoms with Crippen molar-refractivity contribution < 1.29 is 22.6 Å². The predicted octanol–water partition coefficient (Wildman–Crippen LogP) is 4.38. The van der Waals surface area contributed by atoms with Gasteiger partial charge in [0.1, 0.15) is 0 Å². The van der Waals surface area contributed by atoms with Gasteiger partial charge in [-0.2, -0.15) is 8.42 Å². The van der Waals surface area contributed by atoms with Crippen LogP contribution in [-0.2, 0) is 19.7 Å². The molecule has 3 aromatic carbocycles. The van der Waals surface area contributed by atoms with Gasteiger partial charge in [-0.3, -0.25) is 19.0 Å². The Morgan fingerprint density at radius 2 is 1.65 bits per heavy atom. The second-order valence-electron chi connectivity index (χ2n) is 10.3. The summed E-state index contributed by atoms with van der Waals surface area (Å²) in [5.41, 5.74) is 5.26. The van der Waals surface area contributed by atoms with Crippen LogP contribution in [0.3, 0.4) is 0 Å². The van der Waals surface area contributed by atoms with Crippen molar-refractivity contribution in [1.29, 1.82) is 0 Å². The number of amides is 2. The van der Waals surface area contributed by atoms with Crippen LogP contribution in [0.15, 0.2) is 72.8 Å². The normalized spacial score (nSPS) is 16.4. The highest BCUT2D eigenvalue weighted by Crippen LogP contribution is 2.38. The van der Waals surface area contributed by atoms with Gasteiger partial charge in [0.05, 0.1) is 29.3 Å². The van der Waals surface area contributed by atoms with E-state index in [9.17, 15) is 18.0 Å². The summed E-state index contributed by atoms with van der Waals surface area (Å²) < 4.78 is 26.9. The monoisotopic (exact) mass is 625 g/mol. The molecule has 12 heteroatoms. The quantitative estimate of drug-likeness (QED) is 0.261. The van der Waals surface area contributed by atoms with Gasteiger partial charge in [0.15, 0.2) is 0 Å². The van der Waals surface area contributed by atoms with E-state index >= 15 is 0 Å². The topological polar surface area (TPSA) is 122 Å². The fourth-order valence-corrected chi connectivity index (χ4v) is 4.81. The smallest absolute Gasteiger partial charge is 0.264 e. The number of fused-ring (bicyclic) bond motifs is 1. The molecule has 1 fully saturated rings. The van der Waals surface area contributed by atoms with Crippen molar-refractivity contribution in [3.8, 4) is 0 Å². The molecule has 228 valence electrons. The van der Waals surface area contributed by atoms with Crippen LogP contribution in [-0.4, -0.2) is 87.2 Å². The van der Waals surface area contributed by atoms with E-state index in [1.807, 2.05) is 67.7 Å². The average molecular weight is 626 g/mol. The van der Waals surface area contributed by atoms with Crippen LogP contribution in [0, 0.1) is 0 Å². The first-order valence-electron chi connectivity index (χ1n) is 13.9. The number of rotatable bonds is 7. The van der Waals surface area contributed by atoms with Gasteiger partial charge in [0.25, 0.3) is 16.0 Å². The number of anilines is 3. The van der Waals surface area contributed by atoms with Crippen molar-refractivity contribution in [2.75, 3.05) is 68.1 Å². The molecule has 3 aromatic rings. The van der Waals surface area contributed by atoms with Crippen molar-refractivity contribution >= 4 is 61.9 Å². The summed E-state index contributed by atoms with van der Waals surface area (Å²) in [5, 5.41) is 6.95. The summed E-state index contributed by atoms with van der Waals surface area (Å²) >= 11 is 6.15. The largest absolute Gasteiger partial charge is 0.354 e. The number of carbonyl (C=O) groups excluding carboxylic acids is 2. The average Bonchev–Trinajstić information content (AvgIpc) is 3.31. The van der Waals surface area contributed by atoms with Gasteiger partial charge >= 0.3 is 0 Å². The van der Waals surface area contributed by atoms with E-state index in [2.05, 4.69) is 27.5 Å². The van der Waals surface area contributed by atoms with E-state index in [0.29, 0.717) is 28.5 Å². The highest BCUT2D eigenvalue weighted by atomic mass is 35.5. The van der Waals surface area contributed by atoms with Crippen LogP contribution < -0.4 is 15.5 Å². The standard InChI is InChI=1S/C29H30ClN5O2.C2H6O3S/c1-33-14-16-35(17-15-33)19-26(36)34(2)23-11-9-22(10-12-23)31-28(20-6-4-3-5-7-20)27-24-13-8-21(30)18-25(24)32-29(27)37;1-2-6(3,4)5/h3-13,18,31H,14-17,19H2,1-2H3,(H,32,37);2H2,1H3,(H,3,4,5). The molecule has 0 spiro atoms. The van der Waals surface area contributed by atoms with E-state index in [1.54, 1.807) is 17.0 Å². The fraction of sp³-hybridized carbons (Fsp3) is 0.290. The lowest BCUT2D eigenvalue weighted by molar-refractivity contribution is -0.119. The first-order chi connectivity index (χ1) is 20.4. The van der Waals surface area contributed by atoms with Crippen LogP contribution in [0.1, 0.15) is 18.1 Å². The molecule has 43 heavy (non-hydrogen) atoms. The van der Waals surface area contributed by atoms with Crippen molar-refractivity contribution in [3.05, 3.63) is 88.9 Å². The SMILES string of the molecule is CCS(=O)(=O)O.CN1CCN(CC(=O)N(C)c2ccc(NC(=C3C(=O)Nc4cc(Cl)ccc43)c3ccccc3)cc2)CC1. The predicted molar refractivity (Wildman–Crippen MR) is 173 cm³/mol. The Balaban J connectivity index is 0.000000641. The Labute approximate surface area is 257 Å². The summed E-state index contributed by atoms with van der Waals surface area (Å²) in [6.07, 6.45) is 0. The lowest BCUT2D eigenvalue weighted by Crippen LogP contribution is -2.48. The van der Waals surface area contributed by atoms with Gasteiger partial charge in [0.2, 0.25) is 5.91 Å². The molecule has 0 radical (unpaired) electrons. The summed E-state index contributed by atoms with van der Waals surface area (Å²) in [6.45, 7) is 5.54. The summed E-state index contributed by atoms with van der Waals surface area (Å²) in [4.78, 5) is 32.1. The third-order valence-corrected chi connectivity index (χ3v) is 8.22. The zero-order chi connectivity index (χ0) is 31.1. The second kappa shape index (κ2) is 14.2. The second-order valence-corrected chi connectivity index (χ2v) is 12.5. The zero-order valence-electron chi connectivity index (χ0n) is 24.4. The van der Waals surface area contributed by atoms with Gasteiger partial charge in [-0.15, -0.1) is 0 Å². The number of nitrogens with zero attached hydrogens (tertiary/aromatic N) is 3. The Morgan fingerprint density at radius 1 is 1.02 bits per heavy atom. The molecule has 5 rings (SSSR count). The molecule has 0 aliphatic carbocycles. The minimum Gasteiger partial charge on any atom is -0.354 e. The Bertz CT molecular complexity index is 1590. The van der Waals surface area contributed by atoms with Crippen molar-refractivity contribution in [2.24, 2.45) is 0 Å². The number of benzene rings is 3. The molecule has 2 aliphatic rings. The van der Waals surface area contributed by atoms with Crippen molar-refractivity contribution in [2.45, 2.75) is 6.92 Å². The highest BCUT2D eigenvalue weighted by Gasteiger charge is 2.28. The molecule has 0 aromatic heterocycles. The maximum absolute atomic E-state index is 13.0. The molecule has 0 unspecified atom stereocenters. The molecule has 2 aliphatic heterocycles. The van der Waals surface area contributed by atoms with Crippen LogP contribution in [0.5, 0.6) is 0 Å². The summed E-state index contributed by atoms with van der Waals surface area (Å²) in [6, 6.07) is 22.8. The molecular formula is C31H36ClN5O5S. The molecule has 1 saturated heterocycles. The van der Waals surface area contributed by atoms with Gasteiger partial charge in [-0.1, -0.05) is 48.0 Å². The van der Waals surface area contributed by atoms with Gasteiger partial charge in [-0.25, -0.2) is 0 Å². The van der Waals surface area contributed by atoms with Crippen LogP contribution >= 0.6 is 11.6 Å². The lowest BCUT2D eigenvalue weighted by Gasteiger charge is -2.32. The molecule has 10 nitrogen and oxygen atoms in total. The third-order valence-electron chi connectivity index (χ3n) is 7.26. The molecule has 0 atom stereocenters. The van der Waals surface area contributed by atoms with E-state index in [0.717, 1.165) is 48.7 Å². The minimum absolute atomic E-state index is 0.0650. The maximum Gasteiger partial charge on any atom is 0.264 e. The van der Waals surface area contributed by atoms with Crippen molar-refractivity contribution in [3.63, 3.8) is 0 Å². The summed E-state index contributed by atoms with van der Waals surface area (Å²) in [5.74, 6) is -0.322. The molecule has 0 bridgehead atoms. The van der Waals surface area contributed by atoms with Gasteiger partial charge in [-0.05, 0) is 55.9 Å². The van der Waals surface area contributed by atoms with E-state index in [-0.39, 0.29) is 17.6 Å². The molecular weight excluding hydrogens is 590 g/mol. The van der Waals surface area contributed by atoms with Crippen molar-refractivity contribution in [1.82, 2.24) is 9.80 Å². The fourth-order valence-electron chi connectivity index (χ4n) is 4.64. The number of hydrogen-bond donors (Lipinski definition) is 3. The summed E-state index contributed by atoms with van der Waals surface area (Å²) in [7, 11) is 0.251. The third kappa shape index (κ3) is 8.65. The van der Waals surface area contributed by atoms with Crippen LogP contribution in [0.2, 0.25) is 5.02 Å². The number of piperazine rings is 1. The molecule has 0 saturated carbocycles. The van der Waals surface area contributed by atoms with E-state index in [4.69, 9.17) is 16.2 Å². The Morgan fingerprint density at radius 3 is 2.26 bits per heavy atom. The lowest BCUT2D eigenvalue weighted by atomic mass is 10.00. The Kier molecular flexibility index (Phi) is 10.6. The minimum atomic E-state index is -3.66. The van der Waals surface area contributed by atoms with Crippen LogP contribution in [0.4, 0.5) is 17.1 Å². The number of hydrogen-bond acceptors (Lipinski definition) is 7. The number of likely N-dealkylation sites (N-methyl/N-ethyl adjacent to an activating group) is 2. The maximum atomic E-state index is 13.0. The Hall–Kier alpha value is -3.74. The van der Waals surface area contributed by atoms with E-state index < -0.39 is 10.1 Å². The number of carbonyl (C=O) groups is 2. The highest BCUT2D eigenvalue weighted by molar-refractivity contribution is 7.85. The molecule has 2 heterocycles. The van der Waals surface area contributed by atoms with Gasteiger partial charge in [0, 0.05) is 55.2 Å². The molecule has 3 N–H and O–H groups in total. The number of nitrogens with one attached hydrogen (secondary N) is 2.